The maximum Gasteiger partial charge on any atom is 0.263 e. The Morgan fingerprint density at radius 2 is 1.96 bits per heavy atom. The minimum Gasteiger partial charge on any atom is -0.344 e. The molecule has 2 aliphatic rings. The molecule has 1 amide bonds. The van der Waals surface area contributed by atoms with Crippen LogP contribution in [0.15, 0.2) is 73.4 Å². The summed E-state index contributed by atoms with van der Waals surface area (Å²) < 4.78 is 30.6. The zero-order valence-electron chi connectivity index (χ0n) is 25.9. The molecule has 3 aromatic heterocycles. The number of benzene rings is 1. The van der Waals surface area contributed by atoms with Gasteiger partial charge >= 0.3 is 0 Å². The highest BCUT2D eigenvalue weighted by Gasteiger charge is 2.44. The zero-order chi connectivity index (χ0) is 32.0. The second kappa shape index (κ2) is 11.5. The molecule has 2 atom stereocenters. The molecule has 4 heterocycles. The number of amides is 1. The number of hydrogen-bond donors (Lipinski definition) is 2. The quantitative estimate of drug-likeness (QED) is 0.263. The van der Waals surface area contributed by atoms with Gasteiger partial charge in [-0.2, -0.15) is 5.10 Å². The molecule has 1 aliphatic carbocycles. The molecular weight excluding hydrogens is 609 g/mol. The number of aryl methyl sites for hydroxylation is 1. The molecule has 0 saturated heterocycles. The van der Waals surface area contributed by atoms with Crippen LogP contribution in [0.25, 0.3) is 11.3 Å². The van der Waals surface area contributed by atoms with Gasteiger partial charge in [-0.1, -0.05) is 57.2 Å². The van der Waals surface area contributed by atoms with Crippen LogP contribution in [0.4, 0.5) is 17.3 Å². The van der Waals surface area contributed by atoms with E-state index in [1.165, 1.54) is 15.6 Å². The number of nitrogens with zero attached hydrogens (tertiary/aromatic N) is 6. The van der Waals surface area contributed by atoms with Crippen molar-refractivity contribution in [2.45, 2.75) is 56.7 Å². The largest absolute Gasteiger partial charge is 0.344 e. The number of hydrogen-bond acceptors (Lipinski definition) is 9. The first-order valence-electron chi connectivity index (χ1n) is 14.7. The number of carbonyl (C=O) groups excluding carboxylic acids is 1. The zero-order valence-corrected chi connectivity index (χ0v) is 27.5. The van der Waals surface area contributed by atoms with E-state index < -0.39 is 20.8 Å². The van der Waals surface area contributed by atoms with E-state index in [1.807, 2.05) is 43.6 Å². The fraction of sp³-hybridized carbons (Fsp3) is 0.344. The first-order chi connectivity index (χ1) is 21.3. The summed E-state index contributed by atoms with van der Waals surface area (Å²) in [4.78, 5) is 27.4. The van der Waals surface area contributed by atoms with Gasteiger partial charge in [0.05, 0.1) is 40.5 Å². The molecule has 2 unspecified atom stereocenters. The van der Waals surface area contributed by atoms with Crippen LogP contribution in [0.5, 0.6) is 0 Å². The lowest BCUT2D eigenvalue weighted by Gasteiger charge is -2.40. The number of fused-ring (bicyclic) bond motifs is 1. The minimum absolute atomic E-state index is 0.168. The number of aromatic nitrogens is 5. The van der Waals surface area contributed by atoms with Crippen LogP contribution in [0, 0.1) is 0 Å². The van der Waals surface area contributed by atoms with Crippen LogP contribution in [0.2, 0.25) is 0 Å². The number of sulfonamides is 1. The first-order valence-corrected chi connectivity index (χ1v) is 17.0. The van der Waals surface area contributed by atoms with Crippen molar-refractivity contribution in [1.29, 1.82) is 0 Å². The Labute approximate surface area is 267 Å². The lowest BCUT2D eigenvalue weighted by molar-refractivity contribution is 0.0938. The summed E-state index contributed by atoms with van der Waals surface area (Å²) >= 11 is 1.37. The van der Waals surface area contributed by atoms with Gasteiger partial charge < -0.3 is 10.6 Å². The number of anilines is 3. The molecule has 4 aromatic rings. The van der Waals surface area contributed by atoms with E-state index in [4.69, 9.17) is 4.98 Å². The van der Waals surface area contributed by atoms with Crippen molar-refractivity contribution in [3.05, 3.63) is 88.8 Å². The second-order valence-electron chi connectivity index (χ2n) is 12.5. The molecule has 2 N–H and O–H groups in total. The molecule has 1 aromatic carbocycles. The Morgan fingerprint density at radius 1 is 1.13 bits per heavy atom. The first kappa shape index (κ1) is 30.7. The van der Waals surface area contributed by atoms with Crippen LogP contribution in [0.1, 0.15) is 66.8 Å². The molecule has 0 saturated carbocycles. The van der Waals surface area contributed by atoms with Crippen LogP contribution >= 0.6 is 11.3 Å². The van der Waals surface area contributed by atoms with Gasteiger partial charge in [0.25, 0.3) is 5.91 Å². The second-order valence-corrected chi connectivity index (χ2v) is 15.9. The predicted octanol–water partition coefficient (Wildman–Crippen LogP) is 5.66. The van der Waals surface area contributed by atoms with Gasteiger partial charge in [-0.3, -0.25) is 13.8 Å². The minimum atomic E-state index is -3.84. The van der Waals surface area contributed by atoms with E-state index in [0.29, 0.717) is 35.0 Å². The van der Waals surface area contributed by atoms with E-state index in [-0.39, 0.29) is 17.9 Å². The molecule has 11 nitrogen and oxygen atoms in total. The van der Waals surface area contributed by atoms with Crippen molar-refractivity contribution in [1.82, 2.24) is 30.0 Å². The summed E-state index contributed by atoms with van der Waals surface area (Å²) in [5.41, 5.74) is 3.17. The summed E-state index contributed by atoms with van der Waals surface area (Å²) in [6, 6.07) is 7.02. The van der Waals surface area contributed by atoms with Gasteiger partial charge in [0.2, 0.25) is 16.0 Å². The third-order valence-electron chi connectivity index (χ3n) is 7.98. The van der Waals surface area contributed by atoms with E-state index in [2.05, 4.69) is 46.5 Å². The van der Waals surface area contributed by atoms with Gasteiger partial charge in [-0.05, 0) is 37.5 Å². The van der Waals surface area contributed by atoms with Crippen molar-refractivity contribution in [2.24, 2.45) is 7.05 Å². The Balaban J connectivity index is 1.37. The Kier molecular flexibility index (Phi) is 7.86. The molecule has 1 aliphatic heterocycles. The number of rotatable bonds is 7. The predicted molar refractivity (Wildman–Crippen MR) is 177 cm³/mol. The number of carbonyl (C=O) groups is 1. The standard InChI is InChI=1S/C32H36N8O3S2/c1-31(2,3)29-34-19-27(44-29)28(41)37-25-12-16-40(45(42,43)32(4)13-7-6-8-14-32)26-17-21(9-10-23(25)26)24-11-15-33-30(38-24)36-22-18-35-39(5)20-22/h6-11,13,15,17-20,25H,12,14,16H2,1-5H3,(H,37,41)(H,33,36,38). The van der Waals surface area contributed by atoms with Crippen LogP contribution in [-0.4, -0.2) is 50.3 Å². The Hall–Kier alpha value is -4.36. The highest BCUT2D eigenvalue weighted by molar-refractivity contribution is 7.94. The van der Waals surface area contributed by atoms with Crippen molar-refractivity contribution in [3.63, 3.8) is 0 Å². The molecule has 13 heteroatoms. The maximum absolute atomic E-state index is 14.3. The normalized spacial score (nSPS) is 19.8. The van der Waals surface area contributed by atoms with E-state index in [0.717, 1.165) is 21.8 Å². The Morgan fingerprint density at radius 3 is 2.64 bits per heavy atom. The van der Waals surface area contributed by atoms with Crippen LogP contribution < -0.4 is 14.9 Å². The molecular formula is C32H36N8O3S2. The maximum atomic E-state index is 14.3. The molecule has 0 bridgehead atoms. The molecule has 0 radical (unpaired) electrons. The number of nitrogens with one attached hydrogen (secondary N) is 2. The van der Waals surface area contributed by atoms with Crippen molar-refractivity contribution < 1.29 is 13.2 Å². The molecule has 0 fully saturated rings. The summed E-state index contributed by atoms with van der Waals surface area (Å²) in [6.45, 7) is 8.14. The monoisotopic (exact) mass is 644 g/mol. The summed E-state index contributed by atoms with van der Waals surface area (Å²) in [5.74, 6) is 0.159. The number of allylic oxidation sites excluding steroid dienone is 3. The highest BCUT2D eigenvalue weighted by Crippen LogP contribution is 2.42. The van der Waals surface area contributed by atoms with Gasteiger partial charge in [0.1, 0.15) is 9.62 Å². The lowest BCUT2D eigenvalue weighted by Crippen LogP contribution is -2.49. The van der Waals surface area contributed by atoms with Gasteiger partial charge in [0, 0.05) is 37.0 Å². The Bertz CT molecular complexity index is 1920. The van der Waals surface area contributed by atoms with Crippen LogP contribution in [0.3, 0.4) is 0 Å². The average Bonchev–Trinajstić information content (AvgIpc) is 3.67. The fourth-order valence-corrected chi connectivity index (χ4v) is 8.14. The van der Waals surface area contributed by atoms with E-state index >= 15 is 0 Å². The third-order valence-corrected chi connectivity index (χ3v) is 11.8. The molecule has 0 spiro atoms. The van der Waals surface area contributed by atoms with Gasteiger partial charge in [-0.15, -0.1) is 11.3 Å². The van der Waals surface area contributed by atoms with Gasteiger partial charge in [-0.25, -0.2) is 23.4 Å². The fourth-order valence-electron chi connectivity index (χ4n) is 5.44. The molecule has 234 valence electrons. The third kappa shape index (κ3) is 6.01. The lowest BCUT2D eigenvalue weighted by atomic mass is 9.95. The summed E-state index contributed by atoms with van der Waals surface area (Å²) in [5, 5.41) is 11.4. The number of thiazole rings is 1. The van der Waals surface area contributed by atoms with Crippen molar-refractivity contribution >= 4 is 44.6 Å². The van der Waals surface area contributed by atoms with Gasteiger partial charge in [0.15, 0.2) is 0 Å². The highest BCUT2D eigenvalue weighted by atomic mass is 32.2. The SMILES string of the molecule is Cn1cc(Nc2nccc(-c3ccc4c(c3)N(S(=O)(=O)C3(C)C=CC=CC3)CCC4NC(=O)c3cnc(C(C)(C)C)s3)n2)cn1. The molecule has 45 heavy (non-hydrogen) atoms. The van der Waals surface area contributed by atoms with Crippen LogP contribution in [-0.2, 0) is 22.5 Å². The van der Waals surface area contributed by atoms with E-state index in [9.17, 15) is 13.2 Å². The van der Waals surface area contributed by atoms with E-state index in [1.54, 1.807) is 48.4 Å². The summed E-state index contributed by atoms with van der Waals surface area (Å²) in [6.07, 6.45) is 14.8. The smallest absolute Gasteiger partial charge is 0.263 e. The average molecular weight is 645 g/mol. The van der Waals surface area contributed by atoms with Crippen molar-refractivity contribution in [2.75, 3.05) is 16.2 Å². The molecule has 6 rings (SSSR count). The van der Waals surface area contributed by atoms with Crippen molar-refractivity contribution in [3.8, 4) is 11.3 Å². The summed E-state index contributed by atoms with van der Waals surface area (Å²) in [7, 11) is -2.02. The topological polar surface area (TPSA) is 135 Å².